The lowest BCUT2D eigenvalue weighted by atomic mass is 10.0. The normalized spacial score (nSPS) is 12.1. The standard InChI is InChI=1S/C21H25N5O4/c1-11(2)18(21(28)29-5)25-19-14-8-6-7-9-15(14)23-16(24-19)10-22-20(27)17-12(3)26-30-13(17)4/h6-9,11,18H,10H2,1-5H3,(H,22,27)(H,23,24,25)/t18-/m0/s1. The van der Waals surface area contributed by atoms with Crippen LogP contribution in [0.2, 0.25) is 0 Å². The summed E-state index contributed by atoms with van der Waals surface area (Å²) in [4.78, 5) is 33.8. The Morgan fingerprint density at radius 3 is 2.53 bits per heavy atom. The molecule has 0 saturated carbocycles. The van der Waals surface area contributed by atoms with Crippen LogP contribution in [-0.4, -0.2) is 40.2 Å². The molecule has 0 saturated heterocycles. The van der Waals surface area contributed by atoms with E-state index in [2.05, 4.69) is 25.8 Å². The smallest absolute Gasteiger partial charge is 0.328 e. The monoisotopic (exact) mass is 411 g/mol. The first-order valence-electron chi connectivity index (χ1n) is 9.63. The van der Waals surface area contributed by atoms with Crippen LogP contribution in [0.5, 0.6) is 0 Å². The zero-order valence-electron chi connectivity index (χ0n) is 17.6. The number of aromatic nitrogens is 3. The fraction of sp³-hybridized carbons (Fsp3) is 0.381. The number of carbonyl (C=O) groups is 2. The van der Waals surface area contributed by atoms with Crippen LogP contribution in [-0.2, 0) is 16.1 Å². The third-order valence-electron chi connectivity index (χ3n) is 4.73. The molecule has 0 bridgehead atoms. The number of anilines is 1. The van der Waals surface area contributed by atoms with E-state index in [0.717, 1.165) is 5.39 Å². The highest BCUT2D eigenvalue weighted by atomic mass is 16.5. The van der Waals surface area contributed by atoms with E-state index in [1.54, 1.807) is 13.8 Å². The molecule has 0 fully saturated rings. The molecular weight excluding hydrogens is 386 g/mol. The molecule has 2 heterocycles. The Morgan fingerprint density at radius 2 is 1.90 bits per heavy atom. The van der Waals surface area contributed by atoms with Gasteiger partial charge in [0.05, 0.1) is 24.9 Å². The maximum atomic E-state index is 12.5. The molecule has 1 aromatic carbocycles. The summed E-state index contributed by atoms with van der Waals surface area (Å²) in [6, 6.07) is 6.89. The van der Waals surface area contributed by atoms with E-state index in [0.29, 0.717) is 34.2 Å². The van der Waals surface area contributed by atoms with Gasteiger partial charge in [0.1, 0.15) is 23.2 Å². The molecule has 3 aromatic rings. The summed E-state index contributed by atoms with van der Waals surface area (Å²) >= 11 is 0. The maximum Gasteiger partial charge on any atom is 0.328 e. The van der Waals surface area contributed by atoms with E-state index in [1.807, 2.05) is 38.1 Å². The predicted molar refractivity (Wildman–Crippen MR) is 111 cm³/mol. The number of para-hydroxylation sites is 1. The van der Waals surface area contributed by atoms with Gasteiger partial charge in [0, 0.05) is 5.39 Å². The van der Waals surface area contributed by atoms with Gasteiger partial charge in [0.15, 0.2) is 5.82 Å². The topological polar surface area (TPSA) is 119 Å². The minimum atomic E-state index is -0.571. The minimum absolute atomic E-state index is 0.0196. The summed E-state index contributed by atoms with van der Waals surface area (Å²) in [7, 11) is 1.35. The van der Waals surface area contributed by atoms with E-state index < -0.39 is 6.04 Å². The molecule has 0 unspecified atom stereocenters. The molecule has 30 heavy (non-hydrogen) atoms. The Hall–Kier alpha value is -3.49. The second-order valence-electron chi connectivity index (χ2n) is 7.28. The largest absolute Gasteiger partial charge is 0.467 e. The van der Waals surface area contributed by atoms with Crippen molar-refractivity contribution in [2.45, 2.75) is 40.3 Å². The third kappa shape index (κ3) is 4.40. The number of esters is 1. The zero-order valence-corrected chi connectivity index (χ0v) is 17.6. The summed E-state index contributed by atoms with van der Waals surface area (Å²) in [5.41, 5.74) is 1.62. The SMILES string of the molecule is COC(=O)[C@@H](Nc1nc(CNC(=O)c2c(C)noc2C)nc2ccccc12)C(C)C. The fourth-order valence-corrected chi connectivity index (χ4v) is 3.14. The first kappa shape index (κ1) is 21.2. The maximum absolute atomic E-state index is 12.5. The summed E-state index contributed by atoms with van der Waals surface area (Å²) in [5, 5.41) is 10.6. The van der Waals surface area contributed by atoms with Crippen LogP contribution >= 0.6 is 0 Å². The third-order valence-corrected chi connectivity index (χ3v) is 4.73. The molecule has 2 N–H and O–H groups in total. The summed E-state index contributed by atoms with van der Waals surface area (Å²) in [6.45, 7) is 7.33. The number of ether oxygens (including phenoxy) is 1. The zero-order chi connectivity index (χ0) is 21.8. The number of hydrogen-bond acceptors (Lipinski definition) is 8. The van der Waals surface area contributed by atoms with Crippen LogP contribution in [0.3, 0.4) is 0 Å². The molecule has 0 spiro atoms. The van der Waals surface area contributed by atoms with E-state index in [-0.39, 0.29) is 24.3 Å². The van der Waals surface area contributed by atoms with Crippen LogP contribution in [0.25, 0.3) is 10.9 Å². The molecule has 0 aliphatic carbocycles. The van der Waals surface area contributed by atoms with Gasteiger partial charge in [-0.15, -0.1) is 0 Å². The first-order valence-corrected chi connectivity index (χ1v) is 9.63. The van der Waals surface area contributed by atoms with Gasteiger partial charge in [0.2, 0.25) is 0 Å². The molecule has 1 amide bonds. The lowest BCUT2D eigenvalue weighted by Crippen LogP contribution is -2.36. The number of benzene rings is 1. The van der Waals surface area contributed by atoms with Crippen LogP contribution in [0.4, 0.5) is 5.82 Å². The minimum Gasteiger partial charge on any atom is -0.467 e. The van der Waals surface area contributed by atoms with Gasteiger partial charge in [-0.25, -0.2) is 14.8 Å². The Kier molecular flexibility index (Phi) is 6.29. The molecule has 1 atom stereocenters. The molecule has 3 rings (SSSR count). The molecule has 158 valence electrons. The van der Waals surface area contributed by atoms with Crippen molar-refractivity contribution in [2.75, 3.05) is 12.4 Å². The average Bonchev–Trinajstić information content (AvgIpc) is 3.07. The second kappa shape index (κ2) is 8.89. The van der Waals surface area contributed by atoms with Gasteiger partial charge in [0.25, 0.3) is 5.91 Å². The summed E-state index contributed by atoms with van der Waals surface area (Å²) in [6.07, 6.45) is 0. The lowest BCUT2D eigenvalue weighted by molar-refractivity contribution is -0.142. The number of methoxy groups -OCH3 is 1. The molecule has 2 aromatic heterocycles. The van der Waals surface area contributed by atoms with Crippen molar-refractivity contribution in [3.8, 4) is 0 Å². The number of aryl methyl sites for hydroxylation is 2. The Bertz CT molecular complexity index is 1060. The number of hydrogen-bond donors (Lipinski definition) is 2. The number of nitrogens with zero attached hydrogens (tertiary/aromatic N) is 3. The van der Waals surface area contributed by atoms with Gasteiger partial charge in [-0.05, 0) is 31.9 Å². The number of amides is 1. The number of fused-ring (bicyclic) bond motifs is 1. The molecule has 0 radical (unpaired) electrons. The highest BCUT2D eigenvalue weighted by molar-refractivity contribution is 5.96. The van der Waals surface area contributed by atoms with Gasteiger partial charge in [-0.3, -0.25) is 4.79 Å². The van der Waals surface area contributed by atoms with E-state index in [9.17, 15) is 9.59 Å². The van der Waals surface area contributed by atoms with Gasteiger partial charge < -0.3 is 19.9 Å². The van der Waals surface area contributed by atoms with Crippen molar-refractivity contribution in [2.24, 2.45) is 5.92 Å². The van der Waals surface area contributed by atoms with Crippen LogP contribution < -0.4 is 10.6 Å². The van der Waals surface area contributed by atoms with Crippen LogP contribution in [0.1, 0.15) is 41.5 Å². The van der Waals surface area contributed by atoms with E-state index >= 15 is 0 Å². The van der Waals surface area contributed by atoms with E-state index in [4.69, 9.17) is 9.26 Å². The molecule has 9 heteroatoms. The Morgan fingerprint density at radius 1 is 1.17 bits per heavy atom. The molecule has 0 aliphatic heterocycles. The van der Waals surface area contributed by atoms with Gasteiger partial charge >= 0.3 is 5.97 Å². The number of nitrogens with one attached hydrogen (secondary N) is 2. The Balaban J connectivity index is 1.89. The second-order valence-corrected chi connectivity index (χ2v) is 7.28. The number of carbonyl (C=O) groups excluding carboxylic acids is 2. The fourth-order valence-electron chi connectivity index (χ4n) is 3.14. The van der Waals surface area contributed by atoms with Crippen LogP contribution in [0.15, 0.2) is 28.8 Å². The average molecular weight is 411 g/mol. The number of rotatable bonds is 7. The van der Waals surface area contributed by atoms with Gasteiger partial charge in [-0.2, -0.15) is 0 Å². The highest BCUT2D eigenvalue weighted by Crippen LogP contribution is 2.23. The first-order chi connectivity index (χ1) is 14.3. The summed E-state index contributed by atoms with van der Waals surface area (Å²) < 4.78 is 9.96. The molecule has 9 nitrogen and oxygen atoms in total. The molecular formula is C21H25N5O4. The van der Waals surface area contributed by atoms with Crippen molar-refractivity contribution < 1.29 is 18.8 Å². The lowest BCUT2D eigenvalue weighted by Gasteiger charge is -2.21. The van der Waals surface area contributed by atoms with Crippen LogP contribution in [0, 0.1) is 19.8 Å². The molecule has 0 aliphatic rings. The van der Waals surface area contributed by atoms with E-state index in [1.165, 1.54) is 7.11 Å². The Labute approximate surface area is 174 Å². The predicted octanol–water partition coefficient (Wildman–Crippen LogP) is 2.77. The quantitative estimate of drug-likeness (QED) is 0.570. The van der Waals surface area contributed by atoms with Crippen molar-refractivity contribution in [1.29, 1.82) is 0 Å². The van der Waals surface area contributed by atoms with Crippen molar-refractivity contribution in [3.05, 3.63) is 47.1 Å². The summed E-state index contributed by atoms with van der Waals surface area (Å²) in [5.74, 6) is 0.654. The highest BCUT2D eigenvalue weighted by Gasteiger charge is 2.24. The van der Waals surface area contributed by atoms with Crippen molar-refractivity contribution in [1.82, 2.24) is 20.4 Å². The van der Waals surface area contributed by atoms with Gasteiger partial charge in [-0.1, -0.05) is 31.1 Å². The van der Waals surface area contributed by atoms with Crippen molar-refractivity contribution in [3.63, 3.8) is 0 Å². The van der Waals surface area contributed by atoms with Crippen molar-refractivity contribution >= 4 is 28.6 Å².